The highest BCUT2D eigenvalue weighted by molar-refractivity contribution is 6.02. The Bertz CT molecular complexity index is 1320. The van der Waals surface area contributed by atoms with E-state index in [1.165, 1.54) is 32.2 Å². The van der Waals surface area contributed by atoms with Gasteiger partial charge in [0.1, 0.15) is 65.5 Å². The number of carbonyl (C=O) groups is 1. The first-order valence-corrected chi connectivity index (χ1v) is 13.5. The number of Topliss-reactive ketones (excluding diaryl/α,β-unsaturated/α-hetero) is 1. The summed E-state index contributed by atoms with van der Waals surface area (Å²) in [5.74, 6) is -1.06. The molecule has 10 unspecified atom stereocenters. The summed E-state index contributed by atoms with van der Waals surface area (Å²) in [6.45, 7) is 0.699. The largest absolute Gasteiger partial charge is 0.507 e. The molecular weight excluding hydrogens is 576 g/mol. The molecule has 2 saturated heterocycles. The molecule has 15 nitrogen and oxygen atoms in total. The number of benzene rings is 2. The minimum atomic E-state index is -1.76. The third-order valence-corrected chi connectivity index (χ3v) is 7.72. The predicted octanol–water partition coefficient (Wildman–Crippen LogP) is -1.16. The molecule has 15 heteroatoms. The van der Waals surface area contributed by atoms with E-state index in [4.69, 9.17) is 28.4 Å². The van der Waals surface area contributed by atoms with E-state index < -0.39 is 85.7 Å². The molecule has 2 aromatic carbocycles. The van der Waals surface area contributed by atoms with Crippen molar-refractivity contribution in [2.75, 3.05) is 13.7 Å². The van der Waals surface area contributed by atoms with E-state index in [9.17, 15) is 45.6 Å². The number of rotatable bonds is 7. The van der Waals surface area contributed by atoms with Gasteiger partial charge in [0.2, 0.25) is 6.29 Å². The van der Waals surface area contributed by atoms with Gasteiger partial charge in [0.25, 0.3) is 0 Å². The summed E-state index contributed by atoms with van der Waals surface area (Å²) in [7, 11) is 1.39. The van der Waals surface area contributed by atoms with Crippen LogP contribution in [0.1, 0.15) is 35.4 Å². The van der Waals surface area contributed by atoms with Crippen molar-refractivity contribution < 1.29 is 74.1 Å². The Kier molecular flexibility index (Phi) is 8.99. The van der Waals surface area contributed by atoms with E-state index in [1.807, 2.05) is 0 Å². The molecule has 0 amide bonds. The number of methoxy groups -OCH3 is 1. The van der Waals surface area contributed by atoms with Crippen LogP contribution in [0, 0.1) is 0 Å². The van der Waals surface area contributed by atoms with Crippen LogP contribution in [0.5, 0.6) is 28.7 Å². The fourth-order valence-corrected chi connectivity index (χ4v) is 5.29. The summed E-state index contributed by atoms with van der Waals surface area (Å²) in [5, 5.41) is 82.4. The van der Waals surface area contributed by atoms with Gasteiger partial charge in [0.05, 0.1) is 26.2 Å². The number of carbonyl (C=O) groups excluding carboxylic acids is 1. The normalized spacial score (nSPS) is 36.0. The summed E-state index contributed by atoms with van der Waals surface area (Å²) in [5.41, 5.74) is 0.352. The first kappa shape index (κ1) is 31.2. The van der Waals surface area contributed by atoms with Gasteiger partial charge < -0.3 is 69.3 Å². The van der Waals surface area contributed by atoms with Crippen LogP contribution < -0.4 is 14.2 Å². The molecule has 0 spiro atoms. The van der Waals surface area contributed by atoms with Crippen molar-refractivity contribution in [3.8, 4) is 28.7 Å². The molecule has 3 aliphatic heterocycles. The minimum absolute atomic E-state index is 0.0592. The van der Waals surface area contributed by atoms with Crippen LogP contribution >= 0.6 is 0 Å². The van der Waals surface area contributed by atoms with Crippen molar-refractivity contribution in [3.63, 3.8) is 0 Å². The lowest BCUT2D eigenvalue weighted by molar-refractivity contribution is -0.354. The van der Waals surface area contributed by atoms with E-state index in [0.29, 0.717) is 5.56 Å². The van der Waals surface area contributed by atoms with Crippen molar-refractivity contribution in [1.29, 1.82) is 0 Å². The molecule has 8 N–H and O–H groups in total. The number of hydrogen-bond donors (Lipinski definition) is 8. The van der Waals surface area contributed by atoms with Crippen molar-refractivity contribution >= 4 is 5.78 Å². The molecule has 0 saturated carbocycles. The predicted molar refractivity (Wildman–Crippen MR) is 141 cm³/mol. The molecule has 0 bridgehead atoms. The van der Waals surface area contributed by atoms with E-state index in [2.05, 4.69) is 0 Å². The lowest BCUT2D eigenvalue weighted by atomic mass is 9.95. The zero-order valence-electron chi connectivity index (χ0n) is 23.1. The molecule has 0 radical (unpaired) electrons. The molecule has 5 rings (SSSR count). The third-order valence-electron chi connectivity index (χ3n) is 7.72. The van der Waals surface area contributed by atoms with Crippen molar-refractivity contribution in [2.45, 2.75) is 80.9 Å². The van der Waals surface area contributed by atoms with E-state index in [0.717, 1.165) is 6.07 Å². The molecule has 2 aromatic rings. The standard InChI is InChI=1S/C28H34O15/c1-10-21(33)23(35)25(37)27(39-10)43-26-24(36)22(34)19(9-29)42-28(26)40-12-6-14(31)20-15(32)8-17(41-18(20)7-12)11-3-4-16(38-2)13(30)5-11/h3-7,10,17,19,21-31,33-37H,8-9H2,1-2H3/t10?,17?,19?,21?,22?,23?,24?,25?,26?,27-,28?/m0/s1. The summed E-state index contributed by atoms with van der Waals surface area (Å²) in [6.07, 6.45) is -16.3. The molecule has 43 heavy (non-hydrogen) atoms. The number of fused-ring (bicyclic) bond motifs is 1. The van der Waals surface area contributed by atoms with Crippen LogP contribution in [-0.2, 0) is 14.2 Å². The number of hydrogen-bond acceptors (Lipinski definition) is 15. The monoisotopic (exact) mass is 610 g/mol. The van der Waals surface area contributed by atoms with Crippen LogP contribution in [0.15, 0.2) is 30.3 Å². The van der Waals surface area contributed by atoms with Gasteiger partial charge in [-0.15, -0.1) is 0 Å². The number of phenolic OH excluding ortho intramolecular Hbond substituents is 2. The molecule has 3 aliphatic rings. The minimum Gasteiger partial charge on any atom is -0.507 e. The third kappa shape index (κ3) is 5.95. The summed E-state index contributed by atoms with van der Waals surface area (Å²) in [4.78, 5) is 13.0. The van der Waals surface area contributed by atoms with Gasteiger partial charge in [-0.2, -0.15) is 0 Å². The van der Waals surface area contributed by atoms with Crippen LogP contribution in [0.25, 0.3) is 0 Å². The number of aliphatic hydroxyl groups excluding tert-OH is 6. The van der Waals surface area contributed by atoms with Crippen LogP contribution in [0.2, 0.25) is 0 Å². The average molecular weight is 611 g/mol. The van der Waals surface area contributed by atoms with Crippen molar-refractivity contribution in [2.24, 2.45) is 0 Å². The maximum absolute atomic E-state index is 13.0. The van der Waals surface area contributed by atoms with Gasteiger partial charge >= 0.3 is 0 Å². The molecule has 0 aliphatic carbocycles. The van der Waals surface area contributed by atoms with Crippen LogP contribution in [0.3, 0.4) is 0 Å². The maximum atomic E-state index is 13.0. The fraction of sp³-hybridized carbons (Fsp3) is 0.536. The van der Waals surface area contributed by atoms with Gasteiger partial charge in [-0.25, -0.2) is 0 Å². The zero-order chi connectivity index (χ0) is 31.2. The van der Waals surface area contributed by atoms with Crippen molar-refractivity contribution in [3.05, 3.63) is 41.5 Å². The van der Waals surface area contributed by atoms with E-state index in [-0.39, 0.29) is 35.0 Å². The maximum Gasteiger partial charge on any atom is 0.229 e. The van der Waals surface area contributed by atoms with Gasteiger partial charge in [-0.05, 0) is 24.6 Å². The van der Waals surface area contributed by atoms with Crippen molar-refractivity contribution in [1.82, 2.24) is 0 Å². The first-order valence-electron chi connectivity index (χ1n) is 13.5. The second-order valence-corrected chi connectivity index (χ2v) is 10.6. The summed E-state index contributed by atoms with van der Waals surface area (Å²) >= 11 is 0. The molecule has 3 heterocycles. The topological polar surface area (TPSA) is 234 Å². The number of ketones is 1. The Morgan fingerprint density at radius 2 is 1.63 bits per heavy atom. The van der Waals surface area contributed by atoms with E-state index in [1.54, 1.807) is 6.07 Å². The molecule has 236 valence electrons. The van der Waals surface area contributed by atoms with Gasteiger partial charge in [-0.1, -0.05) is 6.07 Å². The highest BCUT2D eigenvalue weighted by atomic mass is 16.8. The number of aromatic hydroxyl groups is 2. The highest BCUT2D eigenvalue weighted by Crippen LogP contribution is 2.43. The molecular formula is C28H34O15. The zero-order valence-corrected chi connectivity index (χ0v) is 23.1. The molecule has 11 atom stereocenters. The smallest absolute Gasteiger partial charge is 0.229 e. The van der Waals surface area contributed by atoms with Gasteiger partial charge in [0.15, 0.2) is 29.7 Å². The lowest BCUT2D eigenvalue weighted by Crippen LogP contribution is -2.64. The Morgan fingerprint density at radius 3 is 2.30 bits per heavy atom. The van der Waals surface area contributed by atoms with Gasteiger partial charge in [0, 0.05) is 12.1 Å². The fourth-order valence-electron chi connectivity index (χ4n) is 5.29. The summed E-state index contributed by atoms with van der Waals surface area (Å²) < 4.78 is 33.7. The van der Waals surface area contributed by atoms with Crippen LogP contribution in [-0.4, -0.2) is 122 Å². The second kappa shape index (κ2) is 12.4. The SMILES string of the molecule is COc1ccc(C2CC(=O)c3c(O)cc(OC4OC(CO)C(O)C(O)C4O[C@@H]4OC(C)C(O)C(O)C4O)cc3O2)cc1O. The Morgan fingerprint density at radius 1 is 0.884 bits per heavy atom. The molecule has 2 fully saturated rings. The van der Waals surface area contributed by atoms with E-state index >= 15 is 0 Å². The Balaban J connectivity index is 1.41. The second-order valence-electron chi connectivity index (χ2n) is 10.6. The van der Waals surface area contributed by atoms with Gasteiger partial charge in [-0.3, -0.25) is 4.79 Å². The quantitative estimate of drug-likeness (QED) is 0.185. The first-order chi connectivity index (χ1) is 20.4. The molecule has 0 aromatic heterocycles. The summed E-state index contributed by atoms with van der Waals surface area (Å²) in [6, 6.07) is 6.89. The van der Waals surface area contributed by atoms with Crippen LogP contribution in [0.4, 0.5) is 0 Å². The number of ether oxygens (including phenoxy) is 6. The number of phenols is 2. The lowest BCUT2D eigenvalue weighted by Gasteiger charge is -2.45. The average Bonchev–Trinajstić information content (AvgIpc) is 2.97. The highest BCUT2D eigenvalue weighted by Gasteiger charge is 2.51. The Hall–Kier alpha value is -3.25. The number of aliphatic hydroxyl groups is 6. The Labute approximate surface area is 245 Å².